The van der Waals surface area contributed by atoms with Crippen molar-refractivity contribution in [2.75, 3.05) is 64.9 Å². The number of hydrogen-bond donors (Lipinski definition) is 1. The number of ether oxygens (including phenoxy) is 1. The molecule has 4 aliphatic heterocycles. The molecular weight excluding hydrogens is 428 g/mol. The Morgan fingerprint density at radius 2 is 1.91 bits per heavy atom. The van der Waals surface area contributed by atoms with Crippen molar-refractivity contribution in [2.24, 2.45) is 5.92 Å². The summed E-state index contributed by atoms with van der Waals surface area (Å²) in [6.45, 7) is 7.43. The highest BCUT2D eigenvalue weighted by Crippen LogP contribution is 2.41. The number of amides is 2. The minimum Gasteiger partial charge on any atom is -0.378 e. The number of fused-ring (bicyclic) bond motifs is 3. The van der Waals surface area contributed by atoms with Gasteiger partial charge in [-0.05, 0) is 50.4 Å². The average molecular weight is 465 g/mol. The first-order valence-electron chi connectivity index (χ1n) is 12.5. The van der Waals surface area contributed by atoms with E-state index in [-0.39, 0.29) is 6.03 Å². The van der Waals surface area contributed by atoms with Gasteiger partial charge in [0.2, 0.25) is 0 Å². The number of carbonyl (C=O) groups is 1. The third kappa shape index (κ3) is 4.88. The summed E-state index contributed by atoms with van der Waals surface area (Å²) in [5, 5.41) is 3.17. The predicted molar refractivity (Wildman–Crippen MR) is 133 cm³/mol. The van der Waals surface area contributed by atoms with Crippen molar-refractivity contribution in [3.8, 4) is 11.3 Å². The number of nitrogens with zero attached hydrogens (tertiary/aromatic N) is 5. The van der Waals surface area contributed by atoms with E-state index in [0.717, 1.165) is 42.3 Å². The number of morpholine rings is 1. The lowest BCUT2D eigenvalue weighted by Crippen LogP contribution is -2.57. The molecule has 6 rings (SSSR count). The molecule has 8 heteroatoms. The summed E-state index contributed by atoms with van der Waals surface area (Å²) >= 11 is 0. The van der Waals surface area contributed by atoms with E-state index in [1.165, 1.54) is 12.1 Å². The lowest BCUT2D eigenvalue weighted by atomic mass is 9.74. The van der Waals surface area contributed by atoms with Gasteiger partial charge in [-0.2, -0.15) is 0 Å². The van der Waals surface area contributed by atoms with Crippen LogP contribution in [0.5, 0.6) is 0 Å². The summed E-state index contributed by atoms with van der Waals surface area (Å²) in [6, 6.07) is 11.2. The zero-order chi connectivity index (χ0) is 23.7. The number of hydrogen-bond acceptors (Lipinski definition) is 6. The molecule has 2 amide bonds. The fraction of sp³-hybridized carbons (Fsp3) is 0.577. The van der Waals surface area contributed by atoms with Crippen LogP contribution in [0.25, 0.3) is 11.3 Å². The van der Waals surface area contributed by atoms with Crippen LogP contribution in [0, 0.1) is 12.8 Å². The summed E-state index contributed by atoms with van der Waals surface area (Å²) < 4.78 is 5.36. The Bertz CT molecular complexity index is 1000. The number of piperidine rings is 3. The molecule has 4 fully saturated rings. The molecule has 2 aromatic rings. The molecule has 34 heavy (non-hydrogen) atoms. The molecule has 4 saturated heterocycles. The number of anilines is 1. The number of nitrogens with one attached hydrogen (secondary N) is 1. The molecule has 0 aliphatic carbocycles. The standard InChI is InChI=1S/C26H36N6O2/c1-18-28-24(19-4-6-21(7-5-19)30(2)3)15-25(29-18)23-17-32-9-8-20(23)14-22(32)16-27-26(33)31-10-12-34-13-11-31/h4-7,15,20,22-23H,8-14,16-17H2,1-3H3,(H,27,33)/t20-,22+,23-/m0/s1. The molecule has 0 spiro atoms. The van der Waals surface area contributed by atoms with Crippen LogP contribution in [0.3, 0.4) is 0 Å². The molecule has 5 heterocycles. The zero-order valence-corrected chi connectivity index (χ0v) is 20.5. The highest BCUT2D eigenvalue weighted by Gasteiger charge is 2.41. The quantitative estimate of drug-likeness (QED) is 0.734. The van der Waals surface area contributed by atoms with Crippen molar-refractivity contribution >= 4 is 11.7 Å². The number of rotatable bonds is 5. The third-order valence-corrected chi connectivity index (χ3v) is 7.58. The van der Waals surface area contributed by atoms with Crippen molar-refractivity contribution in [2.45, 2.75) is 31.7 Å². The number of benzene rings is 1. The second kappa shape index (κ2) is 9.88. The molecule has 4 aliphatic rings. The van der Waals surface area contributed by atoms with E-state index >= 15 is 0 Å². The van der Waals surface area contributed by atoms with Crippen molar-refractivity contribution in [1.82, 2.24) is 25.1 Å². The Balaban J connectivity index is 1.25. The van der Waals surface area contributed by atoms with Gasteiger partial charge in [0.25, 0.3) is 0 Å². The van der Waals surface area contributed by atoms with Crippen LogP contribution in [0.1, 0.15) is 30.3 Å². The first kappa shape index (κ1) is 23.1. The van der Waals surface area contributed by atoms with Gasteiger partial charge in [0.1, 0.15) is 5.82 Å². The molecule has 8 nitrogen and oxygen atoms in total. The Morgan fingerprint density at radius 3 is 2.59 bits per heavy atom. The first-order chi connectivity index (χ1) is 16.5. The van der Waals surface area contributed by atoms with Gasteiger partial charge in [0.15, 0.2) is 0 Å². The van der Waals surface area contributed by atoms with Crippen molar-refractivity contribution < 1.29 is 9.53 Å². The van der Waals surface area contributed by atoms with Crippen molar-refractivity contribution in [1.29, 1.82) is 0 Å². The summed E-state index contributed by atoms with van der Waals surface area (Å²) in [4.78, 5) is 28.7. The molecule has 0 radical (unpaired) electrons. The van der Waals surface area contributed by atoms with Gasteiger partial charge in [0.05, 0.1) is 18.9 Å². The Kier molecular flexibility index (Phi) is 6.70. The van der Waals surface area contributed by atoms with E-state index in [2.05, 4.69) is 59.5 Å². The first-order valence-corrected chi connectivity index (χ1v) is 12.5. The molecule has 4 atom stereocenters. The zero-order valence-electron chi connectivity index (χ0n) is 20.5. The second-order valence-corrected chi connectivity index (χ2v) is 9.99. The van der Waals surface area contributed by atoms with Crippen LogP contribution >= 0.6 is 0 Å². The smallest absolute Gasteiger partial charge is 0.317 e. The molecule has 1 unspecified atom stereocenters. The maximum atomic E-state index is 12.5. The maximum Gasteiger partial charge on any atom is 0.317 e. The van der Waals surface area contributed by atoms with Gasteiger partial charge in [0, 0.05) is 69.2 Å². The fourth-order valence-corrected chi connectivity index (χ4v) is 5.63. The molecule has 0 saturated carbocycles. The molecule has 1 N–H and O–H groups in total. The van der Waals surface area contributed by atoms with E-state index in [1.807, 2.05) is 11.8 Å². The minimum absolute atomic E-state index is 0.0406. The van der Waals surface area contributed by atoms with Gasteiger partial charge in [-0.15, -0.1) is 0 Å². The average Bonchev–Trinajstić information content (AvgIpc) is 2.87. The minimum atomic E-state index is 0.0406. The van der Waals surface area contributed by atoms with Crippen LogP contribution in [-0.2, 0) is 4.74 Å². The van der Waals surface area contributed by atoms with E-state index in [4.69, 9.17) is 14.7 Å². The number of aromatic nitrogens is 2. The van der Waals surface area contributed by atoms with Crippen molar-refractivity contribution in [3.05, 3.63) is 41.9 Å². The second-order valence-electron chi connectivity index (χ2n) is 9.99. The molecule has 1 aromatic heterocycles. The SMILES string of the molecule is Cc1nc(-c2ccc(N(C)C)cc2)cc([C@H]2CN3CC[C@H]2C[C@@H]3CNC(=O)N2CCOCC2)n1. The highest BCUT2D eigenvalue weighted by atomic mass is 16.5. The molecule has 2 bridgehead atoms. The van der Waals surface area contributed by atoms with Crippen LogP contribution < -0.4 is 10.2 Å². The lowest BCUT2D eigenvalue weighted by Gasteiger charge is -2.50. The monoisotopic (exact) mass is 464 g/mol. The molecule has 182 valence electrons. The largest absolute Gasteiger partial charge is 0.378 e. The van der Waals surface area contributed by atoms with Gasteiger partial charge >= 0.3 is 6.03 Å². The van der Waals surface area contributed by atoms with Crippen LogP contribution in [0.2, 0.25) is 0 Å². The topological polar surface area (TPSA) is 73.8 Å². The van der Waals surface area contributed by atoms with Crippen molar-refractivity contribution in [3.63, 3.8) is 0 Å². The fourth-order valence-electron chi connectivity index (χ4n) is 5.63. The summed E-state index contributed by atoms with van der Waals surface area (Å²) in [5.41, 5.74) is 4.46. The Hall–Kier alpha value is -2.71. The van der Waals surface area contributed by atoms with E-state index < -0.39 is 0 Å². The lowest BCUT2D eigenvalue weighted by molar-refractivity contribution is 0.0274. The summed E-state index contributed by atoms with van der Waals surface area (Å²) in [7, 11) is 4.10. The number of carbonyl (C=O) groups excluding carboxylic acids is 1. The molecule has 1 aromatic carbocycles. The van der Waals surface area contributed by atoms with Gasteiger partial charge in [-0.3, -0.25) is 4.90 Å². The maximum absolute atomic E-state index is 12.5. The Morgan fingerprint density at radius 1 is 1.15 bits per heavy atom. The van der Waals surface area contributed by atoms with E-state index in [9.17, 15) is 4.79 Å². The number of urea groups is 1. The highest BCUT2D eigenvalue weighted by molar-refractivity contribution is 5.74. The predicted octanol–water partition coefficient (Wildman–Crippen LogP) is 2.74. The molecular formula is C26H36N6O2. The summed E-state index contributed by atoms with van der Waals surface area (Å²) in [5.74, 6) is 1.84. The van der Waals surface area contributed by atoms with Crippen LogP contribution in [0.4, 0.5) is 10.5 Å². The van der Waals surface area contributed by atoms with E-state index in [1.54, 1.807) is 0 Å². The van der Waals surface area contributed by atoms with Crippen LogP contribution in [0.15, 0.2) is 30.3 Å². The van der Waals surface area contributed by atoms with E-state index in [0.29, 0.717) is 50.7 Å². The van der Waals surface area contributed by atoms with Gasteiger partial charge in [-0.1, -0.05) is 12.1 Å². The Labute approximate surface area is 202 Å². The number of aryl methyl sites for hydroxylation is 1. The summed E-state index contributed by atoms with van der Waals surface area (Å²) in [6.07, 6.45) is 2.29. The van der Waals surface area contributed by atoms with Gasteiger partial charge in [-0.25, -0.2) is 14.8 Å². The third-order valence-electron chi connectivity index (χ3n) is 7.58. The van der Waals surface area contributed by atoms with Gasteiger partial charge < -0.3 is 19.9 Å². The normalized spacial score (nSPS) is 26.4. The van der Waals surface area contributed by atoms with Crippen LogP contribution in [-0.4, -0.2) is 91.9 Å².